The van der Waals surface area contributed by atoms with E-state index in [1.54, 1.807) is 38.2 Å². The van der Waals surface area contributed by atoms with Crippen molar-refractivity contribution < 1.29 is 9.32 Å². The normalized spacial score (nSPS) is 11.3. The Labute approximate surface area is 186 Å². The van der Waals surface area contributed by atoms with E-state index in [9.17, 15) is 4.79 Å². The number of amides is 1. The van der Waals surface area contributed by atoms with Crippen molar-refractivity contribution in [2.45, 2.75) is 13.0 Å². The van der Waals surface area contributed by atoms with Gasteiger partial charge in [-0.25, -0.2) is 0 Å². The Morgan fingerprint density at radius 2 is 1.81 bits per heavy atom. The first kappa shape index (κ1) is 22.3. The first-order valence-electron chi connectivity index (χ1n) is 9.80. The summed E-state index contributed by atoms with van der Waals surface area (Å²) in [6, 6.07) is 14.8. The van der Waals surface area contributed by atoms with E-state index in [1.165, 1.54) is 0 Å². The number of carbonyl (C=O) groups is 1. The first-order chi connectivity index (χ1) is 15.0. The van der Waals surface area contributed by atoms with Crippen LogP contribution < -0.4 is 10.6 Å². The van der Waals surface area contributed by atoms with E-state index in [2.05, 4.69) is 25.8 Å². The summed E-state index contributed by atoms with van der Waals surface area (Å²) < 4.78 is 5.32. The van der Waals surface area contributed by atoms with Gasteiger partial charge in [-0.3, -0.25) is 9.79 Å². The average Bonchev–Trinajstić information content (AvgIpc) is 3.25. The second-order valence-corrected chi connectivity index (χ2v) is 7.45. The predicted octanol–water partition coefficient (Wildman–Crippen LogP) is 3.00. The van der Waals surface area contributed by atoms with Crippen molar-refractivity contribution in [2.75, 3.05) is 27.7 Å². The minimum absolute atomic E-state index is 0.0165. The molecular formula is C22H25ClN6O2. The van der Waals surface area contributed by atoms with Crippen LogP contribution in [0.2, 0.25) is 5.02 Å². The van der Waals surface area contributed by atoms with E-state index in [1.807, 2.05) is 36.4 Å². The van der Waals surface area contributed by atoms with Gasteiger partial charge in [-0.05, 0) is 42.0 Å². The van der Waals surface area contributed by atoms with Gasteiger partial charge in [-0.2, -0.15) is 4.98 Å². The molecule has 0 atom stereocenters. The van der Waals surface area contributed by atoms with Crippen molar-refractivity contribution in [3.63, 3.8) is 0 Å². The minimum atomic E-state index is -0.0165. The topological polar surface area (TPSA) is 95.6 Å². The number of rotatable bonds is 7. The smallest absolute Gasteiger partial charge is 0.253 e. The summed E-state index contributed by atoms with van der Waals surface area (Å²) in [5.41, 5.74) is 2.56. The van der Waals surface area contributed by atoms with E-state index in [0.29, 0.717) is 47.8 Å². The highest BCUT2D eigenvalue weighted by Crippen LogP contribution is 2.18. The highest BCUT2D eigenvalue weighted by molar-refractivity contribution is 6.30. The Morgan fingerprint density at radius 3 is 2.45 bits per heavy atom. The summed E-state index contributed by atoms with van der Waals surface area (Å²) in [6.45, 7) is 1.16. The van der Waals surface area contributed by atoms with Gasteiger partial charge < -0.3 is 20.1 Å². The lowest BCUT2D eigenvalue weighted by atomic mass is 10.1. The van der Waals surface area contributed by atoms with Crippen LogP contribution in [-0.2, 0) is 13.0 Å². The van der Waals surface area contributed by atoms with E-state index in [-0.39, 0.29) is 5.91 Å². The van der Waals surface area contributed by atoms with Crippen LogP contribution >= 0.6 is 11.6 Å². The van der Waals surface area contributed by atoms with Gasteiger partial charge in [0, 0.05) is 56.8 Å². The van der Waals surface area contributed by atoms with Gasteiger partial charge in [0.1, 0.15) is 0 Å². The van der Waals surface area contributed by atoms with Gasteiger partial charge in [-0.15, -0.1) is 0 Å². The molecule has 3 aromatic rings. The van der Waals surface area contributed by atoms with Crippen LogP contribution in [0.25, 0.3) is 11.4 Å². The number of carbonyl (C=O) groups excluding carboxylic acids is 1. The highest BCUT2D eigenvalue weighted by atomic mass is 35.5. The zero-order valence-corrected chi connectivity index (χ0v) is 18.5. The highest BCUT2D eigenvalue weighted by Gasteiger charge is 2.09. The monoisotopic (exact) mass is 440 g/mol. The molecule has 31 heavy (non-hydrogen) atoms. The van der Waals surface area contributed by atoms with Crippen molar-refractivity contribution in [3.8, 4) is 11.4 Å². The van der Waals surface area contributed by atoms with Gasteiger partial charge in [0.05, 0.1) is 0 Å². The second-order valence-electron chi connectivity index (χ2n) is 7.02. The summed E-state index contributed by atoms with van der Waals surface area (Å²) >= 11 is 5.91. The van der Waals surface area contributed by atoms with Crippen LogP contribution in [0, 0.1) is 0 Å². The number of hydrogen-bond donors (Lipinski definition) is 2. The molecule has 0 unspecified atom stereocenters. The van der Waals surface area contributed by atoms with Gasteiger partial charge in [0.2, 0.25) is 11.7 Å². The maximum Gasteiger partial charge on any atom is 0.253 e. The minimum Gasteiger partial charge on any atom is -0.356 e. The molecule has 0 aliphatic rings. The summed E-state index contributed by atoms with van der Waals surface area (Å²) in [6.07, 6.45) is 0.558. The molecule has 0 radical (unpaired) electrons. The summed E-state index contributed by atoms with van der Waals surface area (Å²) in [5, 5.41) is 11.1. The molecule has 3 rings (SSSR count). The SMILES string of the molecule is CN=C(NCCc1nc(-c2ccc(Cl)cc2)no1)NCc1ccc(C(=O)N(C)C)cc1. The molecule has 2 aromatic carbocycles. The molecule has 0 bridgehead atoms. The summed E-state index contributed by atoms with van der Waals surface area (Å²) in [7, 11) is 5.18. The fourth-order valence-corrected chi connectivity index (χ4v) is 2.92. The average molecular weight is 441 g/mol. The van der Waals surface area contributed by atoms with Gasteiger partial charge >= 0.3 is 0 Å². The van der Waals surface area contributed by atoms with Crippen LogP contribution in [0.1, 0.15) is 21.8 Å². The Hall–Kier alpha value is -3.39. The maximum absolute atomic E-state index is 12.0. The third-order valence-corrected chi connectivity index (χ3v) is 4.74. The molecule has 0 saturated carbocycles. The largest absolute Gasteiger partial charge is 0.356 e. The quantitative estimate of drug-likeness (QED) is 0.433. The lowest BCUT2D eigenvalue weighted by Crippen LogP contribution is -2.37. The van der Waals surface area contributed by atoms with Crippen molar-refractivity contribution in [1.82, 2.24) is 25.7 Å². The molecule has 1 aromatic heterocycles. The lowest BCUT2D eigenvalue weighted by molar-refractivity contribution is 0.0827. The number of aliphatic imine (C=N–C) groups is 1. The van der Waals surface area contributed by atoms with Gasteiger partial charge in [-0.1, -0.05) is 28.9 Å². The molecule has 2 N–H and O–H groups in total. The van der Waals surface area contributed by atoms with Crippen LogP contribution in [0.15, 0.2) is 58.0 Å². The molecule has 0 spiro atoms. The molecule has 0 aliphatic heterocycles. The summed E-state index contributed by atoms with van der Waals surface area (Å²) in [5.74, 6) is 1.71. The Bertz CT molecular complexity index is 1030. The number of benzene rings is 2. The number of hydrogen-bond acceptors (Lipinski definition) is 5. The molecule has 8 nitrogen and oxygen atoms in total. The fraction of sp³-hybridized carbons (Fsp3) is 0.273. The number of nitrogens with zero attached hydrogens (tertiary/aromatic N) is 4. The van der Waals surface area contributed by atoms with Gasteiger partial charge in [0.15, 0.2) is 5.96 Å². The Kier molecular flexibility index (Phi) is 7.61. The van der Waals surface area contributed by atoms with Gasteiger partial charge in [0.25, 0.3) is 5.91 Å². The maximum atomic E-state index is 12.0. The van der Waals surface area contributed by atoms with Crippen molar-refractivity contribution in [2.24, 2.45) is 4.99 Å². The fourth-order valence-electron chi connectivity index (χ4n) is 2.79. The van der Waals surface area contributed by atoms with Crippen molar-refractivity contribution >= 4 is 23.5 Å². The van der Waals surface area contributed by atoms with Crippen molar-refractivity contribution in [1.29, 1.82) is 0 Å². The van der Waals surface area contributed by atoms with Crippen LogP contribution in [0.5, 0.6) is 0 Å². The zero-order valence-electron chi connectivity index (χ0n) is 17.7. The number of guanidine groups is 1. The van der Waals surface area contributed by atoms with E-state index >= 15 is 0 Å². The standard InChI is InChI=1S/C22H25ClN6O2/c1-24-22(26-14-15-4-6-17(7-5-15)21(30)29(2)3)25-13-12-19-27-20(28-31-19)16-8-10-18(23)11-9-16/h4-11H,12-14H2,1-3H3,(H2,24,25,26). The lowest BCUT2D eigenvalue weighted by Gasteiger charge is -2.12. The Balaban J connectivity index is 1.46. The molecule has 0 fully saturated rings. The number of halogens is 1. The molecular weight excluding hydrogens is 416 g/mol. The first-order valence-corrected chi connectivity index (χ1v) is 10.2. The third-order valence-electron chi connectivity index (χ3n) is 4.49. The van der Waals surface area contributed by atoms with E-state index in [0.717, 1.165) is 11.1 Å². The predicted molar refractivity (Wildman–Crippen MR) is 121 cm³/mol. The molecule has 0 aliphatic carbocycles. The molecule has 1 heterocycles. The molecule has 1 amide bonds. The third kappa shape index (κ3) is 6.29. The van der Waals surface area contributed by atoms with E-state index < -0.39 is 0 Å². The molecule has 9 heteroatoms. The van der Waals surface area contributed by atoms with Crippen LogP contribution in [0.3, 0.4) is 0 Å². The molecule has 162 valence electrons. The second kappa shape index (κ2) is 10.6. The van der Waals surface area contributed by atoms with Crippen molar-refractivity contribution in [3.05, 3.63) is 70.6 Å². The number of aromatic nitrogens is 2. The Morgan fingerprint density at radius 1 is 1.10 bits per heavy atom. The summed E-state index contributed by atoms with van der Waals surface area (Å²) in [4.78, 5) is 22.1. The van der Waals surface area contributed by atoms with Crippen LogP contribution in [-0.4, -0.2) is 54.6 Å². The molecule has 0 saturated heterocycles. The van der Waals surface area contributed by atoms with Crippen LogP contribution in [0.4, 0.5) is 0 Å². The number of nitrogens with one attached hydrogen (secondary N) is 2. The zero-order chi connectivity index (χ0) is 22.2. The van der Waals surface area contributed by atoms with E-state index in [4.69, 9.17) is 16.1 Å².